The summed E-state index contributed by atoms with van der Waals surface area (Å²) in [6.45, 7) is 0. The van der Waals surface area contributed by atoms with E-state index in [0.717, 1.165) is 17.1 Å². The summed E-state index contributed by atoms with van der Waals surface area (Å²) < 4.78 is 18.4. The van der Waals surface area contributed by atoms with E-state index >= 15 is 0 Å². The van der Waals surface area contributed by atoms with E-state index < -0.39 is 8.60 Å². The van der Waals surface area contributed by atoms with Gasteiger partial charge < -0.3 is 28.3 Å². The number of anilines is 3. The molecular formula is C24H30N3O3P. The first kappa shape index (κ1) is 22.6. The maximum atomic E-state index is 6.14. The van der Waals surface area contributed by atoms with Crippen LogP contribution in [0.5, 0.6) is 17.2 Å². The van der Waals surface area contributed by atoms with Crippen molar-refractivity contribution in [3.8, 4) is 17.2 Å². The Morgan fingerprint density at radius 3 is 1.32 bits per heavy atom. The number of hydrogen-bond donors (Lipinski definition) is 0. The molecule has 0 saturated heterocycles. The Hall–Kier alpha value is -3.11. The van der Waals surface area contributed by atoms with Gasteiger partial charge in [-0.05, 0) is 60.7 Å². The Bertz CT molecular complexity index is 907. The van der Waals surface area contributed by atoms with Gasteiger partial charge in [0.2, 0.25) is 0 Å². The molecule has 0 fully saturated rings. The Kier molecular flexibility index (Phi) is 7.48. The molecule has 31 heavy (non-hydrogen) atoms. The van der Waals surface area contributed by atoms with Gasteiger partial charge in [0, 0.05) is 65.4 Å². The Morgan fingerprint density at radius 1 is 0.484 bits per heavy atom. The molecule has 0 aliphatic rings. The lowest BCUT2D eigenvalue weighted by atomic mass is 10.3. The summed E-state index contributed by atoms with van der Waals surface area (Å²) in [6, 6.07) is 23.5. The third-order valence-corrected chi connectivity index (χ3v) is 5.66. The third-order valence-electron chi connectivity index (χ3n) is 4.58. The zero-order chi connectivity index (χ0) is 22.4. The molecular weight excluding hydrogens is 409 g/mol. The Balaban J connectivity index is 1.81. The molecule has 3 aromatic carbocycles. The minimum Gasteiger partial charge on any atom is -0.409 e. The zero-order valence-electron chi connectivity index (χ0n) is 18.9. The highest BCUT2D eigenvalue weighted by atomic mass is 31.2. The van der Waals surface area contributed by atoms with Crippen LogP contribution in [0.25, 0.3) is 0 Å². The minimum atomic E-state index is -1.72. The van der Waals surface area contributed by atoms with Crippen LogP contribution in [-0.2, 0) is 0 Å². The molecule has 164 valence electrons. The predicted octanol–water partition coefficient (Wildman–Crippen LogP) is 5.65. The van der Waals surface area contributed by atoms with Crippen molar-refractivity contribution in [3.05, 3.63) is 72.8 Å². The van der Waals surface area contributed by atoms with Crippen molar-refractivity contribution in [1.29, 1.82) is 0 Å². The van der Waals surface area contributed by atoms with Crippen molar-refractivity contribution >= 4 is 25.7 Å². The van der Waals surface area contributed by atoms with E-state index in [9.17, 15) is 0 Å². The lowest BCUT2D eigenvalue weighted by Crippen LogP contribution is -2.09. The highest BCUT2D eigenvalue weighted by Crippen LogP contribution is 2.43. The van der Waals surface area contributed by atoms with Gasteiger partial charge in [-0.3, -0.25) is 0 Å². The van der Waals surface area contributed by atoms with E-state index in [-0.39, 0.29) is 0 Å². The predicted molar refractivity (Wildman–Crippen MR) is 131 cm³/mol. The van der Waals surface area contributed by atoms with Crippen molar-refractivity contribution < 1.29 is 13.6 Å². The summed E-state index contributed by atoms with van der Waals surface area (Å²) in [6.07, 6.45) is 0. The quantitative estimate of drug-likeness (QED) is 0.401. The molecule has 0 amide bonds. The molecule has 3 rings (SSSR count). The summed E-state index contributed by atoms with van der Waals surface area (Å²) in [5, 5.41) is 0. The normalized spacial score (nSPS) is 10.5. The molecule has 0 spiro atoms. The fourth-order valence-corrected chi connectivity index (χ4v) is 3.73. The van der Waals surface area contributed by atoms with Crippen molar-refractivity contribution in [2.45, 2.75) is 0 Å². The highest BCUT2D eigenvalue weighted by molar-refractivity contribution is 7.43. The summed E-state index contributed by atoms with van der Waals surface area (Å²) in [5.41, 5.74) is 3.23. The first-order valence-electron chi connectivity index (χ1n) is 9.98. The number of benzene rings is 3. The number of hydrogen-bond acceptors (Lipinski definition) is 6. The molecule has 0 atom stereocenters. The molecule has 0 radical (unpaired) electrons. The minimum absolute atomic E-state index is 0.686. The van der Waals surface area contributed by atoms with E-state index in [4.69, 9.17) is 13.6 Å². The van der Waals surface area contributed by atoms with Gasteiger partial charge in [-0.1, -0.05) is 6.07 Å². The van der Waals surface area contributed by atoms with Gasteiger partial charge in [-0.25, -0.2) is 0 Å². The lowest BCUT2D eigenvalue weighted by molar-refractivity contribution is 0.388. The van der Waals surface area contributed by atoms with Crippen LogP contribution in [0, 0.1) is 0 Å². The maximum absolute atomic E-state index is 6.14. The van der Waals surface area contributed by atoms with Crippen molar-refractivity contribution in [2.75, 3.05) is 57.0 Å². The summed E-state index contributed by atoms with van der Waals surface area (Å²) in [4.78, 5) is 6.11. The van der Waals surface area contributed by atoms with E-state index in [0.29, 0.717) is 17.2 Å². The molecule has 0 unspecified atom stereocenters. The summed E-state index contributed by atoms with van der Waals surface area (Å²) >= 11 is 0. The van der Waals surface area contributed by atoms with Crippen LogP contribution in [-0.4, -0.2) is 42.3 Å². The maximum Gasteiger partial charge on any atom is 0.530 e. The second-order valence-corrected chi connectivity index (χ2v) is 8.66. The van der Waals surface area contributed by atoms with E-state index in [1.165, 1.54) is 0 Å². The molecule has 0 N–H and O–H groups in total. The zero-order valence-corrected chi connectivity index (χ0v) is 19.8. The fourth-order valence-electron chi connectivity index (χ4n) is 2.74. The van der Waals surface area contributed by atoms with E-state index in [2.05, 4.69) is 0 Å². The van der Waals surface area contributed by atoms with E-state index in [1.807, 2.05) is 130 Å². The fraction of sp³-hybridized carbons (Fsp3) is 0.250. The SMILES string of the molecule is CN(C)c1ccc(OP(Oc2ccc(N(C)C)cc2)Oc2cccc(N(C)C)c2)cc1. The average Bonchev–Trinajstić information content (AvgIpc) is 2.74. The number of rotatable bonds is 9. The second-order valence-electron chi connectivity index (χ2n) is 7.67. The lowest BCUT2D eigenvalue weighted by Gasteiger charge is -2.20. The molecule has 0 aliphatic heterocycles. The highest BCUT2D eigenvalue weighted by Gasteiger charge is 2.20. The Morgan fingerprint density at radius 2 is 0.903 bits per heavy atom. The van der Waals surface area contributed by atoms with Gasteiger partial charge >= 0.3 is 8.60 Å². The van der Waals surface area contributed by atoms with Crippen LogP contribution in [0.1, 0.15) is 0 Å². The van der Waals surface area contributed by atoms with Crippen molar-refractivity contribution in [2.24, 2.45) is 0 Å². The van der Waals surface area contributed by atoms with Gasteiger partial charge in [-0.15, -0.1) is 0 Å². The Labute approximate surface area is 186 Å². The first-order valence-corrected chi connectivity index (χ1v) is 11.1. The van der Waals surface area contributed by atoms with Crippen molar-refractivity contribution in [3.63, 3.8) is 0 Å². The van der Waals surface area contributed by atoms with Gasteiger partial charge in [0.15, 0.2) is 0 Å². The van der Waals surface area contributed by atoms with E-state index in [1.54, 1.807) is 0 Å². The second kappa shape index (κ2) is 10.3. The molecule has 0 saturated carbocycles. The smallest absolute Gasteiger partial charge is 0.409 e. The molecule has 3 aromatic rings. The van der Waals surface area contributed by atoms with Crippen LogP contribution in [0.15, 0.2) is 72.8 Å². The summed E-state index contributed by atoms with van der Waals surface area (Å²) in [5.74, 6) is 2.06. The van der Waals surface area contributed by atoms with Gasteiger partial charge in [0.05, 0.1) is 0 Å². The summed E-state index contributed by atoms with van der Waals surface area (Å²) in [7, 11) is 10.3. The van der Waals surface area contributed by atoms with Gasteiger partial charge in [0.1, 0.15) is 17.2 Å². The van der Waals surface area contributed by atoms with Crippen LogP contribution >= 0.6 is 8.60 Å². The monoisotopic (exact) mass is 439 g/mol. The molecule has 7 heteroatoms. The average molecular weight is 439 g/mol. The standard InChI is InChI=1S/C24H30N3O3P/c1-25(2)19-10-14-22(15-11-19)28-31(29-23-16-12-20(13-17-23)26(3)4)30-24-9-7-8-21(18-24)27(5)6/h7-18H,1-6H3. The van der Waals surface area contributed by atoms with Gasteiger partial charge in [0.25, 0.3) is 0 Å². The van der Waals surface area contributed by atoms with Crippen LogP contribution in [0.3, 0.4) is 0 Å². The third kappa shape index (κ3) is 6.43. The molecule has 0 heterocycles. The molecule has 0 aliphatic carbocycles. The first-order chi connectivity index (χ1) is 14.8. The van der Waals surface area contributed by atoms with Crippen molar-refractivity contribution in [1.82, 2.24) is 0 Å². The van der Waals surface area contributed by atoms with Crippen LogP contribution in [0.2, 0.25) is 0 Å². The van der Waals surface area contributed by atoms with Gasteiger partial charge in [-0.2, -0.15) is 0 Å². The topological polar surface area (TPSA) is 37.4 Å². The number of nitrogens with zero attached hydrogens (tertiary/aromatic N) is 3. The van der Waals surface area contributed by atoms with Crippen LogP contribution in [0.4, 0.5) is 17.1 Å². The molecule has 0 bridgehead atoms. The largest absolute Gasteiger partial charge is 0.530 e. The van der Waals surface area contributed by atoms with Crippen LogP contribution < -0.4 is 28.3 Å². The molecule has 6 nitrogen and oxygen atoms in total. The molecule has 0 aromatic heterocycles.